The molecule has 1 aliphatic carbocycles. The van der Waals surface area contributed by atoms with Crippen molar-refractivity contribution >= 4 is 17.3 Å². The lowest BCUT2D eigenvalue weighted by Crippen LogP contribution is -2.30. The van der Waals surface area contributed by atoms with Crippen molar-refractivity contribution in [2.75, 3.05) is 24.2 Å². The van der Waals surface area contributed by atoms with Crippen LogP contribution >= 0.6 is 0 Å². The summed E-state index contributed by atoms with van der Waals surface area (Å²) in [6.07, 6.45) is 3.78. The highest BCUT2D eigenvalue weighted by Gasteiger charge is 2.21. The smallest absolute Gasteiger partial charge is 0.337 e. The molecule has 0 amide bonds. The lowest BCUT2D eigenvalue weighted by atomic mass is 9.85. The third kappa shape index (κ3) is 2.52. The topological polar surface area (TPSA) is 66.6 Å². The number of carboxylic acid groups (broad SMARTS) is 1. The molecule has 1 aliphatic rings. The van der Waals surface area contributed by atoms with Gasteiger partial charge < -0.3 is 15.7 Å². The molecule has 1 saturated carbocycles. The van der Waals surface area contributed by atoms with Gasteiger partial charge in [0.05, 0.1) is 11.3 Å². The molecule has 0 spiro atoms. The Hall–Kier alpha value is -1.71. The Morgan fingerprint density at radius 2 is 2.24 bits per heavy atom. The number of aromatic carboxylic acids is 1. The van der Waals surface area contributed by atoms with Gasteiger partial charge in [0.2, 0.25) is 0 Å². The Labute approximate surface area is 101 Å². The molecule has 0 saturated heterocycles. The van der Waals surface area contributed by atoms with Crippen molar-refractivity contribution in [3.8, 4) is 0 Å². The molecular weight excluding hydrogens is 216 g/mol. The van der Waals surface area contributed by atoms with Crippen LogP contribution in [0.25, 0.3) is 0 Å². The first-order chi connectivity index (χ1) is 8.08. The number of nitrogen functional groups attached to an aromatic ring is 1. The summed E-state index contributed by atoms with van der Waals surface area (Å²) in [6, 6.07) is 4.94. The zero-order valence-electron chi connectivity index (χ0n) is 10.0. The fraction of sp³-hybridized carbons (Fsp3) is 0.462. The van der Waals surface area contributed by atoms with E-state index in [4.69, 9.17) is 10.8 Å². The van der Waals surface area contributed by atoms with Crippen LogP contribution in [0.1, 0.15) is 29.6 Å². The van der Waals surface area contributed by atoms with E-state index >= 15 is 0 Å². The van der Waals surface area contributed by atoms with E-state index in [0.29, 0.717) is 22.9 Å². The van der Waals surface area contributed by atoms with E-state index in [2.05, 4.69) is 0 Å². The van der Waals surface area contributed by atoms with Gasteiger partial charge in [-0.25, -0.2) is 4.79 Å². The second-order valence-corrected chi connectivity index (χ2v) is 4.76. The van der Waals surface area contributed by atoms with Crippen LogP contribution in [0.5, 0.6) is 0 Å². The average molecular weight is 234 g/mol. The van der Waals surface area contributed by atoms with E-state index in [1.165, 1.54) is 19.3 Å². The van der Waals surface area contributed by atoms with Crippen molar-refractivity contribution in [1.29, 1.82) is 0 Å². The minimum Gasteiger partial charge on any atom is -0.478 e. The number of nitrogens with zero attached hydrogens (tertiary/aromatic N) is 1. The molecule has 0 atom stereocenters. The molecule has 0 radical (unpaired) electrons. The van der Waals surface area contributed by atoms with Crippen molar-refractivity contribution in [1.82, 2.24) is 0 Å². The van der Waals surface area contributed by atoms with Gasteiger partial charge in [-0.1, -0.05) is 6.42 Å². The van der Waals surface area contributed by atoms with E-state index in [-0.39, 0.29) is 0 Å². The summed E-state index contributed by atoms with van der Waals surface area (Å²) in [5, 5.41) is 9.14. The monoisotopic (exact) mass is 234 g/mol. The Balaban J connectivity index is 2.21. The van der Waals surface area contributed by atoms with Gasteiger partial charge in [0.1, 0.15) is 0 Å². The summed E-state index contributed by atoms with van der Waals surface area (Å²) in [5.41, 5.74) is 7.36. The quantitative estimate of drug-likeness (QED) is 0.784. The third-order valence-electron chi connectivity index (χ3n) is 3.42. The molecule has 92 valence electrons. The van der Waals surface area contributed by atoms with E-state index in [0.717, 1.165) is 6.54 Å². The predicted octanol–water partition coefficient (Wildman–Crippen LogP) is 2.20. The second-order valence-electron chi connectivity index (χ2n) is 4.76. The number of hydrogen-bond acceptors (Lipinski definition) is 3. The number of carboxylic acids is 1. The molecule has 3 N–H and O–H groups in total. The number of hydrogen-bond donors (Lipinski definition) is 2. The molecule has 0 aromatic heterocycles. The Kier molecular flexibility index (Phi) is 3.22. The number of benzene rings is 1. The van der Waals surface area contributed by atoms with Crippen LogP contribution in [0.3, 0.4) is 0 Å². The Morgan fingerprint density at radius 1 is 1.53 bits per heavy atom. The van der Waals surface area contributed by atoms with Gasteiger partial charge in [0, 0.05) is 19.3 Å². The molecule has 4 heteroatoms. The number of anilines is 2. The summed E-state index contributed by atoms with van der Waals surface area (Å²) in [6.45, 7) is 0.906. The molecule has 1 aromatic rings. The number of nitrogens with two attached hydrogens (primary N) is 1. The van der Waals surface area contributed by atoms with Gasteiger partial charge in [-0.2, -0.15) is 0 Å². The minimum atomic E-state index is -0.902. The SMILES string of the molecule is CN(CC1CCC1)c1cc(N)ccc1C(=O)O. The van der Waals surface area contributed by atoms with Crippen molar-refractivity contribution in [2.45, 2.75) is 19.3 Å². The van der Waals surface area contributed by atoms with Crippen molar-refractivity contribution in [2.24, 2.45) is 5.92 Å². The van der Waals surface area contributed by atoms with Gasteiger partial charge in [0.15, 0.2) is 0 Å². The van der Waals surface area contributed by atoms with Crippen LogP contribution in [0, 0.1) is 5.92 Å². The summed E-state index contributed by atoms with van der Waals surface area (Å²) >= 11 is 0. The fourth-order valence-corrected chi connectivity index (χ4v) is 2.21. The van der Waals surface area contributed by atoms with E-state index in [9.17, 15) is 4.79 Å². The zero-order chi connectivity index (χ0) is 12.4. The molecule has 4 nitrogen and oxygen atoms in total. The Bertz CT molecular complexity index is 427. The second kappa shape index (κ2) is 4.65. The van der Waals surface area contributed by atoms with Gasteiger partial charge >= 0.3 is 5.97 Å². The molecule has 0 heterocycles. The maximum Gasteiger partial charge on any atom is 0.337 e. The summed E-state index contributed by atoms with van der Waals surface area (Å²) in [7, 11) is 1.93. The van der Waals surface area contributed by atoms with Gasteiger partial charge in [-0.05, 0) is 37.0 Å². The van der Waals surface area contributed by atoms with E-state index in [1.54, 1.807) is 18.2 Å². The van der Waals surface area contributed by atoms with Gasteiger partial charge in [-0.15, -0.1) is 0 Å². The predicted molar refractivity (Wildman–Crippen MR) is 68.4 cm³/mol. The maximum absolute atomic E-state index is 11.1. The Morgan fingerprint density at radius 3 is 2.76 bits per heavy atom. The van der Waals surface area contributed by atoms with Crippen LogP contribution in [0.2, 0.25) is 0 Å². The highest BCUT2D eigenvalue weighted by atomic mass is 16.4. The highest BCUT2D eigenvalue weighted by molar-refractivity contribution is 5.95. The first-order valence-electron chi connectivity index (χ1n) is 5.92. The molecule has 0 aliphatic heterocycles. The first-order valence-corrected chi connectivity index (χ1v) is 5.92. The van der Waals surface area contributed by atoms with Crippen molar-refractivity contribution in [3.63, 3.8) is 0 Å². The molecule has 17 heavy (non-hydrogen) atoms. The lowest BCUT2D eigenvalue weighted by Gasteiger charge is -2.32. The zero-order valence-corrected chi connectivity index (χ0v) is 10.0. The van der Waals surface area contributed by atoms with Crippen LogP contribution in [-0.2, 0) is 0 Å². The molecule has 1 aromatic carbocycles. The lowest BCUT2D eigenvalue weighted by molar-refractivity contribution is 0.0697. The molecule has 2 rings (SSSR count). The molecule has 0 unspecified atom stereocenters. The normalized spacial score (nSPS) is 15.4. The molecule has 1 fully saturated rings. The minimum absolute atomic E-state index is 0.320. The van der Waals surface area contributed by atoms with Crippen LogP contribution < -0.4 is 10.6 Å². The third-order valence-corrected chi connectivity index (χ3v) is 3.42. The van der Waals surface area contributed by atoms with Gasteiger partial charge in [0.25, 0.3) is 0 Å². The van der Waals surface area contributed by atoms with Crippen molar-refractivity contribution in [3.05, 3.63) is 23.8 Å². The summed E-state index contributed by atoms with van der Waals surface area (Å²) in [5.74, 6) is -0.205. The average Bonchev–Trinajstić information content (AvgIpc) is 2.22. The summed E-state index contributed by atoms with van der Waals surface area (Å²) < 4.78 is 0. The van der Waals surface area contributed by atoms with E-state index < -0.39 is 5.97 Å². The fourth-order valence-electron chi connectivity index (χ4n) is 2.21. The maximum atomic E-state index is 11.1. The number of carbonyl (C=O) groups is 1. The first kappa shape index (κ1) is 11.8. The largest absolute Gasteiger partial charge is 0.478 e. The standard InChI is InChI=1S/C13H18N2O2/c1-15(8-9-3-2-4-9)12-7-10(14)5-6-11(12)13(16)17/h5-7,9H,2-4,8,14H2,1H3,(H,16,17). The molecule has 0 bridgehead atoms. The van der Waals surface area contributed by atoms with Crippen LogP contribution in [0.15, 0.2) is 18.2 Å². The molecular formula is C13H18N2O2. The van der Waals surface area contributed by atoms with Gasteiger partial charge in [-0.3, -0.25) is 0 Å². The number of rotatable bonds is 4. The summed E-state index contributed by atoms with van der Waals surface area (Å²) in [4.78, 5) is 13.1. The van der Waals surface area contributed by atoms with E-state index in [1.807, 2.05) is 11.9 Å². The van der Waals surface area contributed by atoms with Crippen LogP contribution in [0.4, 0.5) is 11.4 Å². The van der Waals surface area contributed by atoms with Crippen molar-refractivity contribution < 1.29 is 9.90 Å². The highest BCUT2D eigenvalue weighted by Crippen LogP contribution is 2.30. The van der Waals surface area contributed by atoms with Crippen LogP contribution in [-0.4, -0.2) is 24.7 Å².